The van der Waals surface area contributed by atoms with E-state index in [4.69, 9.17) is 12.2 Å². The Labute approximate surface area is 116 Å². The molecule has 6 heteroatoms. The van der Waals surface area contributed by atoms with Crippen LogP contribution in [0.4, 0.5) is 5.69 Å². The van der Waals surface area contributed by atoms with Crippen LogP contribution in [0.3, 0.4) is 0 Å². The van der Waals surface area contributed by atoms with Crippen LogP contribution in [0.15, 0.2) is 21.5 Å². The fourth-order valence-electron chi connectivity index (χ4n) is 1.37. The monoisotopic (exact) mass is 330 g/mol. The van der Waals surface area contributed by atoms with Gasteiger partial charge < -0.3 is 5.73 Å². The number of halogens is 1. The van der Waals surface area contributed by atoms with E-state index in [1.807, 2.05) is 0 Å². The summed E-state index contributed by atoms with van der Waals surface area (Å²) in [6, 6.07) is 3.15. The molecule has 4 nitrogen and oxygen atoms in total. The number of nitrogens with one attached hydrogen (secondary N) is 1. The van der Waals surface area contributed by atoms with Gasteiger partial charge in [0, 0.05) is 10.2 Å². The number of nitrogens with two attached hydrogens (primary N) is 1. The number of benzene rings is 1. The molecule has 0 heterocycles. The predicted molar refractivity (Wildman–Crippen MR) is 76.5 cm³/mol. The molecule has 18 heavy (non-hydrogen) atoms. The van der Waals surface area contributed by atoms with Crippen molar-refractivity contribution < 1.29 is 8.42 Å². The number of terminal acetylenes is 1. The van der Waals surface area contributed by atoms with Gasteiger partial charge in [0.25, 0.3) is 0 Å². The van der Waals surface area contributed by atoms with Crippen molar-refractivity contribution in [2.45, 2.75) is 31.2 Å². The molecule has 0 aromatic heterocycles. The number of nitrogen functional groups attached to an aromatic ring is 1. The normalized spacial score (nSPS) is 12.2. The van der Waals surface area contributed by atoms with Gasteiger partial charge in [-0.15, -0.1) is 6.42 Å². The van der Waals surface area contributed by atoms with Crippen LogP contribution in [0.25, 0.3) is 0 Å². The Morgan fingerprint density at radius 1 is 1.44 bits per heavy atom. The Kier molecular flexibility index (Phi) is 4.11. The zero-order valence-electron chi connectivity index (χ0n) is 10.4. The van der Waals surface area contributed by atoms with Gasteiger partial charge in [-0.05, 0) is 38.5 Å². The molecule has 1 rings (SSSR count). The minimum atomic E-state index is -3.71. The van der Waals surface area contributed by atoms with Gasteiger partial charge in [-0.1, -0.05) is 21.9 Å². The highest BCUT2D eigenvalue weighted by atomic mass is 79.9. The van der Waals surface area contributed by atoms with Crippen LogP contribution in [0.5, 0.6) is 0 Å². The lowest BCUT2D eigenvalue weighted by Crippen LogP contribution is -2.42. The second-order valence-electron chi connectivity index (χ2n) is 4.49. The van der Waals surface area contributed by atoms with Crippen molar-refractivity contribution in [3.8, 4) is 12.3 Å². The largest absolute Gasteiger partial charge is 0.398 e. The van der Waals surface area contributed by atoms with Gasteiger partial charge in [0.05, 0.1) is 10.4 Å². The molecular weight excluding hydrogens is 316 g/mol. The molecule has 0 radical (unpaired) electrons. The van der Waals surface area contributed by atoms with Gasteiger partial charge in [0.15, 0.2) is 0 Å². The van der Waals surface area contributed by atoms with Crippen LogP contribution in [0.1, 0.15) is 19.4 Å². The number of sulfonamides is 1. The standard InChI is InChI=1S/C12H15BrN2O2S/c1-5-12(3,4)15-18(16,17)11-7-9(13)6-10(14)8(11)2/h1,6-7,15H,14H2,2-4H3. The minimum absolute atomic E-state index is 0.123. The number of anilines is 1. The van der Waals surface area contributed by atoms with Crippen LogP contribution in [-0.4, -0.2) is 14.0 Å². The summed E-state index contributed by atoms with van der Waals surface area (Å²) in [5.74, 6) is 2.38. The van der Waals surface area contributed by atoms with Crippen molar-refractivity contribution in [3.05, 3.63) is 22.2 Å². The molecule has 0 unspecified atom stereocenters. The molecule has 1 aromatic carbocycles. The van der Waals surface area contributed by atoms with Crippen molar-refractivity contribution in [1.82, 2.24) is 4.72 Å². The van der Waals surface area contributed by atoms with Crippen LogP contribution in [0, 0.1) is 19.3 Å². The summed E-state index contributed by atoms with van der Waals surface area (Å²) in [5, 5.41) is 0. The van der Waals surface area contributed by atoms with Gasteiger partial charge in [0.1, 0.15) is 0 Å². The molecule has 0 amide bonds. The van der Waals surface area contributed by atoms with Crippen molar-refractivity contribution >= 4 is 31.6 Å². The molecular formula is C12H15BrN2O2S. The first kappa shape index (κ1) is 15.0. The third kappa shape index (κ3) is 3.25. The summed E-state index contributed by atoms with van der Waals surface area (Å²) < 4.78 is 27.6. The zero-order valence-corrected chi connectivity index (χ0v) is 12.8. The van der Waals surface area contributed by atoms with E-state index in [2.05, 4.69) is 26.6 Å². The summed E-state index contributed by atoms with van der Waals surface area (Å²) in [5.41, 5.74) is 5.70. The lowest BCUT2D eigenvalue weighted by atomic mass is 10.1. The summed E-state index contributed by atoms with van der Waals surface area (Å²) in [7, 11) is -3.71. The Balaban J connectivity index is 3.35. The fraction of sp³-hybridized carbons (Fsp3) is 0.333. The summed E-state index contributed by atoms with van der Waals surface area (Å²) in [6.45, 7) is 4.88. The number of hydrogen-bond acceptors (Lipinski definition) is 3. The first-order chi connectivity index (χ1) is 8.09. The molecule has 0 atom stereocenters. The Hall–Kier alpha value is -1.03. The maximum atomic E-state index is 12.2. The summed E-state index contributed by atoms with van der Waals surface area (Å²) in [4.78, 5) is 0.123. The number of rotatable bonds is 3. The van der Waals surface area contributed by atoms with Crippen LogP contribution in [0.2, 0.25) is 0 Å². The van der Waals surface area contributed by atoms with Crippen molar-refractivity contribution in [2.75, 3.05) is 5.73 Å². The van der Waals surface area contributed by atoms with Crippen molar-refractivity contribution in [2.24, 2.45) is 0 Å². The van der Waals surface area contributed by atoms with E-state index in [1.165, 1.54) is 6.07 Å². The molecule has 98 valence electrons. The molecule has 0 saturated carbocycles. The second kappa shape index (κ2) is 4.92. The van der Waals surface area contributed by atoms with E-state index >= 15 is 0 Å². The number of hydrogen-bond donors (Lipinski definition) is 2. The lowest BCUT2D eigenvalue weighted by molar-refractivity contribution is 0.538. The van der Waals surface area contributed by atoms with Crippen LogP contribution >= 0.6 is 15.9 Å². The van der Waals surface area contributed by atoms with Gasteiger partial charge in [-0.25, -0.2) is 8.42 Å². The van der Waals surface area contributed by atoms with Crippen LogP contribution in [-0.2, 0) is 10.0 Å². The molecule has 1 aromatic rings. The first-order valence-corrected chi connectivity index (χ1v) is 7.44. The molecule has 0 saturated heterocycles. The van der Waals surface area contributed by atoms with E-state index in [-0.39, 0.29) is 4.90 Å². The summed E-state index contributed by atoms with van der Waals surface area (Å²) >= 11 is 3.22. The molecule has 3 N–H and O–H groups in total. The van der Waals surface area contributed by atoms with Crippen molar-refractivity contribution in [3.63, 3.8) is 0 Å². The van der Waals surface area contributed by atoms with Gasteiger partial charge in [-0.3, -0.25) is 0 Å². The highest BCUT2D eigenvalue weighted by molar-refractivity contribution is 9.10. The van der Waals surface area contributed by atoms with Gasteiger partial charge in [0.2, 0.25) is 10.0 Å². The minimum Gasteiger partial charge on any atom is -0.398 e. The topological polar surface area (TPSA) is 72.2 Å². The van der Waals surface area contributed by atoms with E-state index in [0.717, 1.165) is 0 Å². The maximum Gasteiger partial charge on any atom is 0.242 e. The van der Waals surface area contributed by atoms with Gasteiger partial charge in [-0.2, -0.15) is 4.72 Å². The summed E-state index contributed by atoms with van der Waals surface area (Å²) in [6.07, 6.45) is 5.28. The molecule has 0 fully saturated rings. The van der Waals surface area contributed by atoms with E-state index in [1.54, 1.807) is 26.8 Å². The van der Waals surface area contributed by atoms with E-state index in [9.17, 15) is 8.42 Å². The molecule has 0 aliphatic rings. The molecule has 0 spiro atoms. The first-order valence-electron chi connectivity index (χ1n) is 5.16. The van der Waals surface area contributed by atoms with Crippen LogP contribution < -0.4 is 10.5 Å². The Morgan fingerprint density at radius 2 is 2.00 bits per heavy atom. The third-order valence-electron chi connectivity index (χ3n) is 2.40. The highest BCUT2D eigenvalue weighted by Gasteiger charge is 2.26. The SMILES string of the molecule is C#CC(C)(C)NS(=O)(=O)c1cc(Br)cc(N)c1C. The fourth-order valence-corrected chi connectivity index (χ4v) is 3.64. The molecule has 0 aliphatic heterocycles. The maximum absolute atomic E-state index is 12.2. The molecule has 0 aliphatic carbocycles. The highest BCUT2D eigenvalue weighted by Crippen LogP contribution is 2.26. The predicted octanol–water partition coefficient (Wildman–Crippen LogP) is 2.03. The zero-order chi connectivity index (χ0) is 14.1. The smallest absolute Gasteiger partial charge is 0.242 e. The second-order valence-corrected chi connectivity index (χ2v) is 7.06. The third-order valence-corrected chi connectivity index (χ3v) is 4.64. The lowest BCUT2D eigenvalue weighted by Gasteiger charge is -2.20. The van der Waals surface area contributed by atoms with Gasteiger partial charge >= 0.3 is 0 Å². The molecule has 0 bridgehead atoms. The van der Waals surface area contributed by atoms with E-state index < -0.39 is 15.6 Å². The Bertz CT molecular complexity index is 616. The van der Waals surface area contributed by atoms with E-state index in [0.29, 0.717) is 15.7 Å². The average Bonchev–Trinajstić information content (AvgIpc) is 2.21. The Morgan fingerprint density at radius 3 is 2.50 bits per heavy atom. The quantitative estimate of drug-likeness (QED) is 0.658. The average molecular weight is 331 g/mol. The van der Waals surface area contributed by atoms with Crippen molar-refractivity contribution in [1.29, 1.82) is 0 Å².